The van der Waals surface area contributed by atoms with Gasteiger partial charge in [0.15, 0.2) is 0 Å². The summed E-state index contributed by atoms with van der Waals surface area (Å²) in [6.45, 7) is 3.88. The molecule has 0 aromatic heterocycles. The Kier molecular flexibility index (Phi) is 5.83. The van der Waals surface area contributed by atoms with Crippen molar-refractivity contribution in [3.8, 4) is 0 Å². The van der Waals surface area contributed by atoms with Crippen molar-refractivity contribution in [1.82, 2.24) is 0 Å². The van der Waals surface area contributed by atoms with Gasteiger partial charge < -0.3 is 9.47 Å². The van der Waals surface area contributed by atoms with Crippen LogP contribution in [0.3, 0.4) is 0 Å². The van der Waals surface area contributed by atoms with E-state index in [9.17, 15) is 9.59 Å². The fourth-order valence-electron chi connectivity index (χ4n) is 2.01. The Hall–Kier alpha value is -2.01. The van der Waals surface area contributed by atoms with Crippen LogP contribution in [-0.4, -0.2) is 30.4 Å². The summed E-state index contributed by atoms with van der Waals surface area (Å²) in [5, 5.41) is 1.16. The molecule has 0 atom stereocenters. The van der Waals surface area contributed by atoms with E-state index < -0.39 is 17.2 Å². The number of carbonyl (C=O) groups is 2. The molecule has 0 saturated heterocycles. The van der Waals surface area contributed by atoms with Gasteiger partial charge >= 0.3 is 11.9 Å². The molecular formula is C17H18O4S. The SMILES string of the molecule is CCOC(=O)C(Sc1ccc2ccccc2c1)C(=O)OCC. The minimum absolute atomic E-state index is 0.229. The third kappa shape index (κ3) is 4.01. The predicted molar refractivity (Wildman–Crippen MR) is 86.9 cm³/mol. The van der Waals surface area contributed by atoms with Crippen LogP contribution in [0.25, 0.3) is 10.8 Å². The predicted octanol–water partition coefficient (Wildman–Crippen LogP) is 3.43. The number of ether oxygens (including phenoxy) is 2. The fourth-order valence-corrected chi connectivity index (χ4v) is 2.95. The molecule has 0 N–H and O–H groups in total. The Bertz CT molecular complexity index is 651. The third-order valence-electron chi connectivity index (χ3n) is 2.98. The summed E-state index contributed by atoms with van der Waals surface area (Å²) in [4.78, 5) is 24.8. The topological polar surface area (TPSA) is 52.6 Å². The second-order valence-corrected chi connectivity index (χ2v) is 5.69. The van der Waals surface area contributed by atoms with Crippen LogP contribution < -0.4 is 0 Å². The zero-order valence-electron chi connectivity index (χ0n) is 12.6. The molecule has 0 saturated carbocycles. The largest absolute Gasteiger partial charge is 0.465 e. The Labute approximate surface area is 133 Å². The molecule has 0 radical (unpaired) electrons. The number of hydrogen-bond donors (Lipinski definition) is 0. The first-order valence-electron chi connectivity index (χ1n) is 7.14. The van der Waals surface area contributed by atoms with E-state index in [0.29, 0.717) is 0 Å². The molecule has 0 aliphatic heterocycles. The van der Waals surface area contributed by atoms with Crippen LogP contribution >= 0.6 is 11.8 Å². The van der Waals surface area contributed by atoms with Crippen molar-refractivity contribution in [3.63, 3.8) is 0 Å². The summed E-state index contributed by atoms with van der Waals surface area (Å²) in [5.41, 5.74) is 0. The van der Waals surface area contributed by atoms with Gasteiger partial charge in [-0.15, -0.1) is 0 Å². The van der Waals surface area contributed by atoms with E-state index in [0.717, 1.165) is 27.4 Å². The molecule has 5 heteroatoms. The molecule has 0 bridgehead atoms. The summed E-state index contributed by atoms with van der Waals surface area (Å²) in [7, 11) is 0. The van der Waals surface area contributed by atoms with Crippen LogP contribution in [0.1, 0.15) is 13.8 Å². The molecule has 2 aromatic rings. The van der Waals surface area contributed by atoms with E-state index >= 15 is 0 Å². The first-order chi connectivity index (χ1) is 10.7. The lowest BCUT2D eigenvalue weighted by molar-refractivity contribution is -0.152. The number of hydrogen-bond acceptors (Lipinski definition) is 5. The van der Waals surface area contributed by atoms with Gasteiger partial charge in [0.05, 0.1) is 13.2 Å². The molecule has 4 nitrogen and oxygen atoms in total. The van der Waals surface area contributed by atoms with Crippen molar-refractivity contribution < 1.29 is 19.1 Å². The second kappa shape index (κ2) is 7.84. The summed E-state index contributed by atoms with van der Waals surface area (Å²) < 4.78 is 9.94. The smallest absolute Gasteiger partial charge is 0.331 e. The first-order valence-corrected chi connectivity index (χ1v) is 8.02. The number of esters is 2. The minimum Gasteiger partial charge on any atom is -0.465 e. The molecule has 0 heterocycles. The van der Waals surface area contributed by atoms with E-state index in [1.165, 1.54) is 0 Å². The fraction of sp³-hybridized carbons (Fsp3) is 0.294. The second-order valence-electron chi connectivity index (χ2n) is 4.51. The molecule has 0 fully saturated rings. The highest BCUT2D eigenvalue weighted by Crippen LogP contribution is 2.28. The van der Waals surface area contributed by atoms with Crippen molar-refractivity contribution in [2.24, 2.45) is 0 Å². The Balaban J connectivity index is 2.23. The average Bonchev–Trinajstić information content (AvgIpc) is 2.52. The van der Waals surface area contributed by atoms with Crippen molar-refractivity contribution >= 4 is 34.5 Å². The highest BCUT2D eigenvalue weighted by Gasteiger charge is 2.30. The zero-order valence-corrected chi connectivity index (χ0v) is 13.4. The van der Waals surface area contributed by atoms with Crippen molar-refractivity contribution in [3.05, 3.63) is 42.5 Å². The number of rotatable bonds is 6. The van der Waals surface area contributed by atoms with Crippen molar-refractivity contribution in [2.45, 2.75) is 24.0 Å². The number of carbonyl (C=O) groups excluding carboxylic acids is 2. The standard InChI is InChI=1S/C17H18O4S/c1-3-20-16(18)15(17(19)21-4-2)22-14-10-9-12-7-5-6-8-13(12)11-14/h5-11,15H,3-4H2,1-2H3. The molecule has 2 aromatic carbocycles. The molecule has 22 heavy (non-hydrogen) atoms. The third-order valence-corrected chi connectivity index (χ3v) is 4.12. The molecule has 0 unspecified atom stereocenters. The number of benzene rings is 2. The number of thioether (sulfide) groups is 1. The van der Waals surface area contributed by atoms with Crippen LogP contribution in [0, 0.1) is 0 Å². The Morgan fingerprint density at radius 2 is 1.55 bits per heavy atom. The normalized spacial score (nSPS) is 10.7. The molecule has 0 aliphatic rings. The van der Waals surface area contributed by atoms with E-state index in [4.69, 9.17) is 9.47 Å². The molecule has 116 valence electrons. The zero-order chi connectivity index (χ0) is 15.9. The van der Waals surface area contributed by atoms with Gasteiger partial charge in [-0.2, -0.15) is 0 Å². The van der Waals surface area contributed by atoms with Crippen LogP contribution in [0.5, 0.6) is 0 Å². The first kappa shape index (κ1) is 16.4. The maximum atomic E-state index is 12.0. The maximum Gasteiger partial charge on any atom is 0.331 e. The van der Waals surface area contributed by atoms with Crippen molar-refractivity contribution in [2.75, 3.05) is 13.2 Å². The van der Waals surface area contributed by atoms with Crippen LogP contribution in [0.2, 0.25) is 0 Å². The van der Waals surface area contributed by atoms with E-state index in [1.807, 2.05) is 42.5 Å². The highest BCUT2D eigenvalue weighted by molar-refractivity contribution is 8.01. The van der Waals surface area contributed by atoms with Gasteiger partial charge in [0, 0.05) is 4.90 Å². The van der Waals surface area contributed by atoms with E-state index in [-0.39, 0.29) is 13.2 Å². The van der Waals surface area contributed by atoms with Gasteiger partial charge in [-0.25, -0.2) is 0 Å². The van der Waals surface area contributed by atoms with Gasteiger partial charge in [-0.3, -0.25) is 9.59 Å². The lowest BCUT2D eigenvalue weighted by atomic mass is 10.1. The van der Waals surface area contributed by atoms with E-state index in [1.54, 1.807) is 13.8 Å². The average molecular weight is 318 g/mol. The summed E-state index contributed by atoms with van der Waals surface area (Å²) in [5.74, 6) is -1.14. The van der Waals surface area contributed by atoms with Crippen LogP contribution in [0.15, 0.2) is 47.4 Å². The number of fused-ring (bicyclic) bond motifs is 1. The highest BCUT2D eigenvalue weighted by atomic mass is 32.2. The van der Waals surface area contributed by atoms with Crippen LogP contribution in [0.4, 0.5) is 0 Å². The van der Waals surface area contributed by atoms with Gasteiger partial charge in [0.25, 0.3) is 0 Å². The van der Waals surface area contributed by atoms with Crippen molar-refractivity contribution in [1.29, 1.82) is 0 Å². The van der Waals surface area contributed by atoms with Gasteiger partial charge in [-0.05, 0) is 36.8 Å². The summed E-state index contributed by atoms with van der Waals surface area (Å²) in [6, 6.07) is 13.7. The Morgan fingerprint density at radius 3 is 2.14 bits per heavy atom. The van der Waals surface area contributed by atoms with Gasteiger partial charge in [-0.1, -0.05) is 42.1 Å². The van der Waals surface area contributed by atoms with E-state index in [2.05, 4.69) is 0 Å². The lowest BCUT2D eigenvalue weighted by Crippen LogP contribution is -2.30. The van der Waals surface area contributed by atoms with Gasteiger partial charge in [0.1, 0.15) is 0 Å². The maximum absolute atomic E-state index is 12.0. The molecule has 2 rings (SSSR count). The Morgan fingerprint density at radius 1 is 0.955 bits per heavy atom. The molecule has 0 aliphatic carbocycles. The quantitative estimate of drug-likeness (QED) is 0.464. The monoisotopic (exact) mass is 318 g/mol. The lowest BCUT2D eigenvalue weighted by Gasteiger charge is -2.14. The minimum atomic E-state index is -0.999. The summed E-state index contributed by atoms with van der Waals surface area (Å²) >= 11 is 1.15. The molecule has 0 amide bonds. The molecular weight excluding hydrogens is 300 g/mol. The van der Waals surface area contributed by atoms with Gasteiger partial charge in [0.2, 0.25) is 5.25 Å². The molecule has 0 spiro atoms. The summed E-state index contributed by atoms with van der Waals surface area (Å²) in [6.07, 6.45) is 0. The van der Waals surface area contributed by atoms with Crippen LogP contribution in [-0.2, 0) is 19.1 Å².